The SMILES string of the molecule is CC(C)CCCCC(C#N)N=NC(C#N)CCCCC(C)C.Cl. The summed E-state index contributed by atoms with van der Waals surface area (Å²) < 4.78 is 0. The third-order valence-electron chi connectivity index (χ3n) is 3.66. The second-order valence-electron chi connectivity index (χ2n) is 6.88. The lowest BCUT2D eigenvalue weighted by molar-refractivity contribution is 0.502. The van der Waals surface area contributed by atoms with Gasteiger partial charge in [0.05, 0.1) is 12.1 Å². The van der Waals surface area contributed by atoms with Crippen LogP contribution in [0.5, 0.6) is 0 Å². The zero-order chi connectivity index (χ0) is 16.8. The molecule has 0 fully saturated rings. The second-order valence-corrected chi connectivity index (χ2v) is 6.88. The van der Waals surface area contributed by atoms with E-state index in [4.69, 9.17) is 10.5 Å². The van der Waals surface area contributed by atoms with Crippen molar-refractivity contribution in [1.29, 1.82) is 10.5 Å². The summed E-state index contributed by atoms with van der Waals surface area (Å²) in [7, 11) is 0. The first kappa shape index (κ1) is 24.1. The molecule has 0 saturated carbocycles. The lowest BCUT2D eigenvalue weighted by Gasteiger charge is -2.07. The highest BCUT2D eigenvalue weighted by Gasteiger charge is 2.09. The predicted octanol–water partition coefficient (Wildman–Crippen LogP) is 6.08. The molecule has 0 aromatic heterocycles. The molecule has 4 nitrogen and oxygen atoms in total. The molecule has 0 amide bonds. The molecule has 0 saturated heterocycles. The number of unbranched alkanes of at least 4 members (excludes halogenated alkanes) is 2. The van der Waals surface area contributed by atoms with Crippen LogP contribution < -0.4 is 0 Å². The van der Waals surface area contributed by atoms with Crippen molar-refractivity contribution in [2.75, 3.05) is 0 Å². The molecule has 0 spiro atoms. The Morgan fingerprint density at radius 3 is 1.22 bits per heavy atom. The van der Waals surface area contributed by atoms with E-state index >= 15 is 0 Å². The van der Waals surface area contributed by atoms with Crippen LogP contribution in [0.2, 0.25) is 0 Å². The summed E-state index contributed by atoms with van der Waals surface area (Å²) in [5, 5.41) is 26.4. The minimum atomic E-state index is -0.390. The molecule has 0 radical (unpaired) electrons. The number of azo groups is 1. The van der Waals surface area contributed by atoms with Gasteiger partial charge in [0, 0.05) is 0 Å². The first-order valence-electron chi connectivity index (χ1n) is 8.68. The van der Waals surface area contributed by atoms with Crippen LogP contribution in [-0.4, -0.2) is 12.1 Å². The molecule has 0 aliphatic rings. The van der Waals surface area contributed by atoms with Crippen LogP contribution >= 0.6 is 12.4 Å². The quantitative estimate of drug-likeness (QED) is 0.319. The monoisotopic (exact) mass is 340 g/mol. The Kier molecular flexibility index (Phi) is 16.5. The number of rotatable bonds is 12. The number of nitrogens with zero attached hydrogens (tertiary/aromatic N) is 4. The Labute approximate surface area is 148 Å². The van der Waals surface area contributed by atoms with Gasteiger partial charge in [-0.1, -0.05) is 66.2 Å². The summed E-state index contributed by atoms with van der Waals surface area (Å²) >= 11 is 0. The first-order valence-corrected chi connectivity index (χ1v) is 8.68. The van der Waals surface area contributed by atoms with Crippen molar-refractivity contribution in [3.05, 3.63) is 0 Å². The molecule has 5 heteroatoms. The molecule has 0 aliphatic carbocycles. The van der Waals surface area contributed by atoms with E-state index in [-0.39, 0.29) is 12.4 Å². The van der Waals surface area contributed by atoms with Gasteiger partial charge < -0.3 is 0 Å². The van der Waals surface area contributed by atoms with Gasteiger partial charge >= 0.3 is 0 Å². The standard InChI is InChI=1S/C18H32N4.ClH/c1-15(2)9-5-7-11-17(13-19)21-22-18(14-20)12-8-6-10-16(3)4;/h15-18H,5-12H2,1-4H3;1H. The van der Waals surface area contributed by atoms with Crippen LogP contribution in [0.3, 0.4) is 0 Å². The third kappa shape index (κ3) is 15.5. The number of halogens is 1. The topological polar surface area (TPSA) is 72.3 Å². The Hall–Kier alpha value is -1.13. The fraction of sp³-hybridized carbons (Fsp3) is 0.889. The highest BCUT2D eigenvalue weighted by Crippen LogP contribution is 2.14. The molecule has 0 heterocycles. The van der Waals surface area contributed by atoms with Gasteiger partial charge in [0.2, 0.25) is 0 Å². The average molecular weight is 341 g/mol. The summed E-state index contributed by atoms with van der Waals surface area (Å²) in [6.45, 7) is 8.83. The van der Waals surface area contributed by atoms with Crippen molar-refractivity contribution >= 4 is 12.4 Å². The van der Waals surface area contributed by atoms with Crippen molar-refractivity contribution < 1.29 is 0 Å². The van der Waals surface area contributed by atoms with E-state index < -0.39 is 12.1 Å². The average Bonchev–Trinajstić information content (AvgIpc) is 2.47. The molecule has 2 atom stereocenters. The molecule has 0 N–H and O–H groups in total. The fourth-order valence-corrected chi connectivity index (χ4v) is 2.24. The molecular formula is C18H33ClN4. The maximum Gasteiger partial charge on any atom is 0.157 e. The molecule has 0 rings (SSSR count). The summed E-state index contributed by atoms with van der Waals surface area (Å²) in [6.07, 6.45) is 8.13. The van der Waals surface area contributed by atoms with E-state index in [1.807, 2.05) is 0 Å². The Morgan fingerprint density at radius 2 is 0.957 bits per heavy atom. The molecule has 0 bridgehead atoms. The Balaban J connectivity index is 0. The van der Waals surface area contributed by atoms with E-state index in [0.717, 1.165) is 38.5 Å². The van der Waals surface area contributed by atoms with Gasteiger partial charge in [0.1, 0.15) is 0 Å². The zero-order valence-corrected chi connectivity index (χ0v) is 16.0. The van der Waals surface area contributed by atoms with Gasteiger partial charge in [-0.25, -0.2) is 0 Å². The largest absolute Gasteiger partial charge is 0.196 e. The van der Waals surface area contributed by atoms with Crippen molar-refractivity contribution in [3.63, 3.8) is 0 Å². The number of hydrogen-bond donors (Lipinski definition) is 0. The molecule has 132 valence electrons. The highest BCUT2D eigenvalue weighted by molar-refractivity contribution is 5.85. The first-order chi connectivity index (χ1) is 10.5. The normalized spacial score (nSPS) is 13.6. The van der Waals surface area contributed by atoms with Crippen LogP contribution in [0.1, 0.15) is 79.1 Å². The van der Waals surface area contributed by atoms with E-state index in [1.54, 1.807) is 0 Å². The van der Waals surface area contributed by atoms with Crippen LogP contribution in [-0.2, 0) is 0 Å². The molecular weight excluding hydrogens is 308 g/mol. The summed E-state index contributed by atoms with van der Waals surface area (Å²) in [6, 6.07) is 3.58. The number of nitriles is 2. The Bertz CT molecular complexity index is 343. The smallest absolute Gasteiger partial charge is 0.157 e. The number of hydrogen-bond acceptors (Lipinski definition) is 4. The zero-order valence-electron chi connectivity index (χ0n) is 15.2. The van der Waals surface area contributed by atoms with E-state index in [2.05, 4.69) is 50.1 Å². The van der Waals surface area contributed by atoms with Crippen LogP contribution in [0.4, 0.5) is 0 Å². The van der Waals surface area contributed by atoms with Crippen molar-refractivity contribution in [2.45, 2.75) is 91.1 Å². The summed E-state index contributed by atoms with van der Waals surface area (Å²) in [4.78, 5) is 0. The minimum Gasteiger partial charge on any atom is -0.196 e. The van der Waals surface area contributed by atoms with Gasteiger partial charge in [0.25, 0.3) is 0 Å². The van der Waals surface area contributed by atoms with Gasteiger partial charge in [-0.3, -0.25) is 0 Å². The second kappa shape index (κ2) is 15.8. The van der Waals surface area contributed by atoms with Crippen LogP contribution in [0.15, 0.2) is 10.2 Å². The van der Waals surface area contributed by atoms with Gasteiger partial charge in [-0.05, 0) is 24.7 Å². The highest BCUT2D eigenvalue weighted by atomic mass is 35.5. The lowest BCUT2D eigenvalue weighted by atomic mass is 10.0. The van der Waals surface area contributed by atoms with Gasteiger partial charge in [0.15, 0.2) is 12.1 Å². The fourth-order valence-electron chi connectivity index (χ4n) is 2.24. The predicted molar refractivity (Wildman–Crippen MR) is 97.5 cm³/mol. The molecule has 2 unspecified atom stereocenters. The third-order valence-corrected chi connectivity index (χ3v) is 3.66. The van der Waals surface area contributed by atoms with E-state index in [9.17, 15) is 0 Å². The van der Waals surface area contributed by atoms with Gasteiger partial charge in [-0.2, -0.15) is 20.8 Å². The molecule has 0 aliphatic heterocycles. The minimum absolute atomic E-state index is 0. The van der Waals surface area contributed by atoms with Crippen molar-refractivity contribution in [2.24, 2.45) is 22.1 Å². The van der Waals surface area contributed by atoms with Crippen LogP contribution in [0.25, 0.3) is 0 Å². The van der Waals surface area contributed by atoms with Crippen molar-refractivity contribution in [3.8, 4) is 12.1 Å². The maximum absolute atomic E-state index is 9.11. The van der Waals surface area contributed by atoms with Crippen molar-refractivity contribution in [1.82, 2.24) is 0 Å². The molecule has 0 aromatic rings. The van der Waals surface area contributed by atoms with Crippen LogP contribution in [0, 0.1) is 34.5 Å². The lowest BCUT2D eigenvalue weighted by Crippen LogP contribution is -2.05. The maximum atomic E-state index is 9.11. The molecule has 0 aromatic carbocycles. The van der Waals surface area contributed by atoms with E-state index in [1.165, 1.54) is 12.8 Å². The summed E-state index contributed by atoms with van der Waals surface area (Å²) in [5.74, 6) is 1.41. The van der Waals surface area contributed by atoms with Gasteiger partial charge in [-0.15, -0.1) is 12.4 Å². The summed E-state index contributed by atoms with van der Waals surface area (Å²) in [5.41, 5.74) is 0. The molecule has 23 heavy (non-hydrogen) atoms. The Morgan fingerprint density at radius 1 is 0.652 bits per heavy atom. The van der Waals surface area contributed by atoms with E-state index in [0.29, 0.717) is 11.8 Å².